The predicted molar refractivity (Wildman–Crippen MR) is 71.8 cm³/mol. The first-order valence-corrected chi connectivity index (χ1v) is 6.92. The smallest absolute Gasteiger partial charge is 0.167 e. The topological polar surface area (TPSA) is 44.5 Å². The standard InChI is InChI=1S/C13H17BrFNO2/c1-8(3-4-16)11-12(15)9(14)7-10-13(11)18-6-2-5-17-10/h7-8H,2-6,16H2,1H3. The molecule has 18 heavy (non-hydrogen) atoms. The summed E-state index contributed by atoms with van der Waals surface area (Å²) in [6.07, 6.45) is 1.52. The van der Waals surface area contributed by atoms with Crippen LogP contribution in [-0.2, 0) is 0 Å². The quantitative estimate of drug-likeness (QED) is 0.931. The van der Waals surface area contributed by atoms with Gasteiger partial charge in [0.1, 0.15) is 5.82 Å². The van der Waals surface area contributed by atoms with E-state index in [0.29, 0.717) is 47.7 Å². The lowest BCUT2D eigenvalue weighted by Gasteiger charge is -2.19. The van der Waals surface area contributed by atoms with Crippen LogP contribution >= 0.6 is 15.9 Å². The number of benzene rings is 1. The molecule has 1 atom stereocenters. The molecule has 0 amide bonds. The van der Waals surface area contributed by atoms with Crippen LogP contribution in [0.25, 0.3) is 0 Å². The Morgan fingerprint density at radius 1 is 1.44 bits per heavy atom. The second-order valence-corrected chi connectivity index (χ2v) is 5.30. The van der Waals surface area contributed by atoms with Crippen molar-refractivity contribution < 1.29 is 13.9 Å². The fraction of sp³-hybridized carbons (Fsp3) is 0.538. The Bertz CT molecular complexity index is 439. The summed E-state index contributed by atoms with van der Waals surface area (Å²) >= 11 is 3.23. The third kappa shape index (κ3) is 2.62. The van der Waals surface area contributed by atoms with Gasteiger partial charge in [-0.1, -0.05) is 6.92 Å². The van der Waals surface area contributed by atoms with Gasteiger partial charge in [0.25, 0.3) is 0 Å². The monoisotopic (exact) mass is 317 g/mol. The van der Waals surface area contributed by atoms with E-state index in [9.17, 15) is 4.39 Å². The summed E-state index contributed by atoms with van der Waals surface area (Å²) in [5.74, 6) is 0.872. The van der Waals surface area contributed by atoms with E-state index >= 15 is 0 Å². The van der Waals surface area contributed by atoms with Crippen molar-refractivity contribution in [2.24, 2.45) is 5.73 Å². The zero-order valence-electron chi connectivity index (χ0n) is 10.3. The second-order valence-electron chi connectivity index (χ2n) is 4.44. The normalized spacial score (nSPS) is 16.2. The van der Waals surface area contributed by atoms with E-state index in [1.165, 1.54) is 0 Å². The zero-order chi connectivity index (χ0) is 13.1. The Morgan fingerprint density at radius 3 is 2.89 bits per heavy atom. The molecule has 100 valence electrons. The highest BCUT2D eigenvalue weighted by molar-refractivity contribution is 9.10. The van der Waals surface area contributed by atoms with Gasteiger partial charge >= 0.3 is 0 Å². The minimum Gasteiger partial charge on any atom is -0.490 e. The van der Waals surface area contributed by atoms with Gasteiger partial charge in [-0.3, -0.25) is 0 Å². The molecule has 0 saturated heterocycles. The molecular weight excluding hydrogens is 301 g/mol. The number of rotatable bonds is 3. The maximum absolute atomic E-state index is 14.3. The summed E-state index contributed by atoms with van der Waals surface area (Å²) in [5, 5.41) is 0. The van der Waals surface area contributed by atoms with E-state index in [4.69, 9.17) is 15.2 Å². The molecule has 0 aromatic heterocycles. The molecule has 0 fully saturated rings. The van der Waals surface area contributed by atoms with Crippen molar-refractivity contribution in [1.82, 2.24) is 0 Å². The minimum atomic E-state index is -0.278. The van der Waals surface area contributed by atoms with Crippen molar-refractivity contribution in [2.45, 2.75) is 25.7 Å². The van der Waals surface area contributed by atoms with E-state index in [0.717, 1.165) is 6.42 Å². The first-order chi connectivity index (χ1) is 8.65. The molecule has 0 saturated carbocycles. The van der Waals surface area contributed by atoms with Crippen LogP contribution in [0.3, 0.4) is 0 Å². The number of ether oxygens (including phenoxy) is 2. The first-order valence-electron chi connectivity index (χ1n) is 6.12. The molecule has 1 unspecified atom stereocenters. The zero-order valence-corrected chi connectivity index (χ0v) is 11.9. The Balaban J connectivity index is 2.50. The molecule has 5 heteroatoms. The highest BCUT2D eigenvalue weighted by Gasteiger charge is 2.24. The number of fused-ring (bicyclic) bond motifs is 1. The molecule has 1 aromatic carbocycles. The summed E-state index contributed by atoms with van der Waals surface area (Å²) in [6, 6.07) is 1.63. The summed E-state index contributed by atoms with van der Waals surface area (Å²) in [4.78, 5) is 0. The maximum atomic E-state index is 14.3. The third-order valence-electron chi connectivity index (χ3n) is 3.06. The van der Waals surface area contributed by atoms with Crippen LogP contribution in [0.2, 0.25) is 0 Å². The lowest BCUT2D eigenvalue weighted by molar-refractivity contribution is 0.295. The molecule has 0 radical (unpaired) electrons. The molecule has 3 nitrogen and oxygen atoms in total. The van der Waals surface area contributed by atoms with Gasteiger partial charge < -0.3 is 15.2 Å². The van der Waals surface area contributed by atoms with Gasteiger partial charge in [-0.15, -0.1) is 0 Å². The molecular formula is C13H17BrFNO2. The maximum Gasteiger partial charge on any atom is 0.167 e. The van der Waals surface area contributed by atoms with Crippen LogP contribution in [0.15, 0.2) is 10.5 Å². The Kier molecular flexibility index (Phi) is 4.45. The fourth-order valence-electron chi connectivity index (χ4n) is 2.11. The molecule has 1 heterocycles. The number of nitrogens with two attached hydrogens (primary N) is 1. The Morgan fingerprint density at radius 2 is 2.17 bits per heavy atom. The van der Waals surface area contributed by atoms with E-state index in [1.54, 1.807) is 6.07 Å². The largest absolute Gasteiger partial charge is 0.490 e. The van der Waals surface area contributed by atoms with Gasteiger partial charge in [0.05, 0.1) is 17.7 Å². The minimum absolute atomic E-state index is 0.00273. The molecule has 0 spiro atoms. The first kappa shape index (κ1) is 13.6. The number of hydrogen-bond donors (Lipinski definition) is 1. The summed E-state index contributed by atoms with van der Waals surface area (Å²) in [6.45, 7) is 3.61. The Hall–Kier alpha value is -0.810. The average molecular weight is 318 g/mol. The van der Waals surface area contributed by atoms with Crippen LogP contribution in [0.4, 0.5) is 4.39 Å². The number of hydrogen-bond acceptors (Lipinski definition) is 3. The predicted octanol–water partition coefficient (Wildman–Crippen LogP) is 3.20. The molecule has 2 N–H and O–H groups in total. The van der Waals surface area contributed by atoms with Gasteiger partial charge in [-0.05, 0) is 34.8 Å². The van der Waals surface area contributed by atoms with Crippen molar-refractivity contribution >= 4 is 15.9 Å². The summed E-state index contributed by atoms with van der Waals surface area (Å²) in [5.41, 5.74) is 6.12. The lowest BCUT2D eigenvalue weighted by atomic mass is 9.96. The fourth-order valence-corrected chi connectivity index (χ4v) is 2.53. The van der Waals surface area contributed by atoms with Gasteiger partial charge in [0.15, 0.2) is 11.5 Å². The molecule has 0 aliphatic carbocycles. The molecule has 1 aromatic rings. The average Bonchev–Trinajstić information content (AvgIpc) is 2.56. The van der Waals surface area contributed by atoms with Gasteiger partial charge in [-0.2, -0.15) is 0 Å². The van der Waals surface area contributed by atoms with Gasteiger partial charge in [0, 0.05) is 18.1 Å². The SMILES string of the molecule is CC(CCN)c1c(F)c(Br)cc2c1OCCCO2. The van der Waals surface area contributed by atoms with Crippen LogP contribution in [0.1, 0.15) is 31.2 Å². The van der Waals surface area contributed by atoms with Gasteiger partial charge in [0.2, 0.25) is 0 Å². The van der Waals surface area contributed by atoms with E-state index < -0.39 is 0 Å². The third-order valence-corrected chi connectivity index (χ3v) is 3.63. The molecule has 2 rings (SSSR count). The van der Waals surface area contributed by atoms with Crippen molar-refractivity contribution in [3.63, 3.8) is 0 Å². The Labute approximate surface area is 115 Å². The molecule has 1 aliphatic rings. The molecule has 1 aliphatic heterocycles. The van der Waals surface area contributed by atoms with E-state index in [1.807, 2.05) is 6.92 Å². The van der Waals surface area contributed by atoms with Crippen LogP contribution in [0, 0.1) is 5.82 Å². The van der Waals surface area contributed by atoms with Crippen molar-refractivity contribution in [2.75, 3.05) is 19.8 Å². The highest BCUT2D eigenvalue weighted by atomic mass is 79.9. The van der Waals surface area contributed by atoms with E-state index in [2.05, 4.69) is 15.9 Å². The second kappa shape index (κ2) is 5.89. The summed E-state index contributed by atoms with van der Waals surface area (Å²) < 4.78 is 25.9. The number of halogens is 2. The van der Waals surface area contributed by atoms with Crippen LogP contribution in [-0.4, -0.2) is 19.8 Å². The lowest BCUT2D eigenvalue weighted by Crippen LogP contribution is -2.09. The van der Waals surface area contributed by atoms with Crippen molar-refractivity contribution in [3.05, 3.63) is 21.9 Å². The van der Waals surface area contributed by atoms with Crippen molar-refractivity contribution in [1.29, 1.82) is 0 Å². The highest BCUT2D eigenvalue weighted by Crippen LogP contribution is 2.43. The van der Waals surface area contributed by atoms with Crippen LogP contribution < -0.4 is 15.2 Å². The van der Waals surface area contributed by atoms with Crippen molar-refractivity contribution in [3.8, 4) is 11.5 Å². The van der Waals surface area contributed by atoms with E-state index in [-0.39, 0.29) is 11.7 Å². The molecule has 0 bridgehead atoms. The van der Waals surface area contributed by atoms with Crippen LogP contribution in [0.5, 0.6) is 11.5 Å². The van der Waals surface area contributed by atoms with Gasteiger partial charge in [-0.25, -0.2) is 4.39 Å². The summed E-state index contributed by atoms with van der Waals surface area (Å²) in [7, 11) is 0.